The third-order valence-electron chi connectivity index (χ3n) is 3.90. The quantitative estimate of drug-likeness (QED) is 0.844. The molecule has 1 N–H and O–H groups in total. The Morgan fingerprint density at radius 2 is 2.28 bits per heavy atom. The summed E-state index contributed by atoms with van der Waals surface area (Å²) in [6.07, 6.45) is 7.97. The second-order valence-corrected chi connectivity index (χ2v) is 5.67. The van der Waals surface area contributed by atoms with Crippen LogP contribution in [0.25, 0.3) is 0 Å². The predicted octanol–water partition coefficient (Wildman–Crippen LogP) is 2.57. The lowest BCUT2D eigenvalue weighted by Gasteiger charge is -2.21. The molecule has 0 radical (unpaired) electrons. The average Bonchev–Trinajstić information content (AvgIpc) is 2.96. The third-order valence-corrected chi connectivity index (χ3v) is 3.90. The zero-order valence-electron chi connectivity index (χ0n) is 11.9. The molecule has 0 aliphatic heterocycles. The van der Waals surface area contributed by atoms with E-state index < -0.39 is 0 Å². The van der Waals surface area contributed by atoms with E-state index in [0.717, 1.165) is 24.7 Å². The van der Waals surface area contributed by atoms with Crippen LogP contribution in [0.4, 0.5) is 0 Å². The van der Waals surface area contributed by atoms with Crippen LogP contribution in [-0.2, 0) is 6.42 Å². The summed E-state index contributed by atoms with van der Waals surface area (Å²) in [5.74, 6) is 1.89. The summed E-state index contributed by atoms with van der Waals surface area (Å²) in [6, 6.07) is 1.09. The molecule has 2 unspecified atom stereocenters. The third kappa shape index (κ3) is 3.10. The highest BCUT2D eigenvalue weighted by molar-refractivity contribution is 4.94. The van der Waals surface area contributed by atoms with Gasteiger partial charge in [0, 0.05) is 18.5 Å². The zero-order chi connectivity index (χ0) is 13.0. The van der Waals surface area contributed by atoms with E-state index in [0.29, 0.717) is 12.1 Å². The first-order valence-electron chi connectivity index (χ1n) is 7.34. The molecule has 18 heavy (non-hydrogen) atoms. The fourth-order valence-electron chi connectivity index (χ4n) is 2.97. The molecule has 1 aliphatic rings. The highest BCUT2D eigenvalue weighted by atomic mass is 15.3. The minimum Gasteiger partial charge on any atom is -0.314 e. The van der Waals surface area contributed by atoms with Gasteiger partial charge in [-0.25, -0.2) is 9.67 Å². The van der Waals surface area contributed by atoms with E-state index >= 15 is 0 Å². The predicted molar refractivity (Wildman–Crippen MR) is 73.5 cm³/mol. The van der Waals surface area contributed by atoms with Crippen molar-refractivity contribution < 1.29 is 0 Å². The van der Waals surface area contributed by atoms with Gasteiger partial charge < -0.3 is 5.32 Å². The van der Waals surface area contributed by atoms with Crippen LogP contribution in [0.3, 0.4) is 0 Å². The molecule has 0 saturated heterocycles. The average molecular weight is 250 g/mol. The molecule has 1 aliphatic carbocycles. The van der Waals surface area contributed by atoms with Gasteiger partial charge in [-0.15, -0.1) is 0 Å². The largest absolute Gasteiger partial charge is 0.314 e. The van der Waals surface area contributed by atoms with Crippen molar-refractivity contribution in [2.45, 2.75) is 65.0 Å². The minimum atomic E-state index is 0.408. The molecular weight excluding hydrogens is 224 g/mol. The van der Waals surface area contributed by atoms with Crippen LogP contribution < -0.4 is 5.32 Å². The number of hydrogen-bond acceptors (Lipinski definition) is 3. The lowest BCUT2D eigenvalue weighted by atomic mass is 9.99. The first-order valence-corrected chi connectivity index (χ1v) is 7.34. The second kappa shape index (κ2) is 6.32. The first-order chi connectivity index (χ1) is 8.72. The summed E-state index contributed by atoms with van der Waals surface area (Å²) in [5.41, 5.74) is 0. The summed E-state index contributed by atoms with van der Waals surface area (Å²) in [4.78, 5) is 4.44. The summed E-state index contributed by atoms with van der Waals surface area (Å²) in [7, 11) is 0. The van der Waals surface area contributed by atoms with Crippen LogP contribution in [0.15, 0.2) is 6.33 Å². The van der Waals surface area contributed by atoms with Crippen molar-refractivity contribution in [2.24, 2.45) is 5.92 Å². The zero-order valence-corrected chi connectivity index (χ0v) is 11.9. The van der Waals surface area contributed by atoms with Crippen molar-refractivity contribution in [1.82, 2.24) is 20.1 Å². The Bertz CT molecular complexity index is 358. The van der Waals surface area contributed by atoms with E-state index in [1.54, 1.807) is 6.33 Å². The summed E-state index contributed by atoms with van der Waals surface area (Å²) >= 11 is 0. The molecule has 1 saturated carbocycles. The van der Waals surface area contributed by atoms with Crippen LogP contribution in [0, 0.1) is 5.92 Å². The van der Waals surface area contributed by atoms with Crippen molar-refractivity contribution >= 4 is 0 Å². The van der Waals surface area contributed by atoms with Gasteiger partial charge in [-0.2, -0.15) is 5.10 Å². The van der Waals surface area contributed by atoms with Crippen molar-refractivity contribution in [3.05, 3.63) is 12.2 Å². The van der Waals surface area contributed by atoms with Gasteiger partial charge in [-0.05, 0) is 45.6 Å². The van der Waals surface area contributed by atoms with Gasteiger partial charge in [-0.1, -0.05) is 13.3 Å². The van der Waals surface area contributed by atoms with Gasteiger partial charge in [0.25, 0.3) is 0 Å². The Labute approximate surface area is 110 Å². The number of aromatic nitrogens is 3. The van der Waals surface area contributed by atoms with Gasteiger partial charge in [0.1, 0.15) is 12.2 Å². The highest BCUT2D eigenvalue weighted by Crippen LogP contribution is 2.28. The molecule has 102 valence electrons. The number of hydrogen-bond donors (Lipinski definition) is 1. The van der Waals surface area contributed by atoms with Gasteiger partial charge in [0.2, 0.25) is 0 Å². The fraction of sp³-hybridized carbons (Fsp3) is 0.857. The fourth-order valence-corrected chi connectivity index (χ4v) is 2.97. The smallest absolute Gasteiger partial charge is 0.138 e. The number of rotatable bonds is 6. The van der Waals surface area contributed by atoms with Gasteiger partial charge in [0.15, 0.2) is 0 Å². The minimum absolute atomic E-state index is 0.408. The molecule has 0 spiro atoms. The molecule has 2 rings (SSSR count). The molecule has 1 fully saturated rings. The Hall–Kier alpha value is -0.900. The SMILES string of the molecule is CCCNC1CCCC1Cc1ncnn1C(C)C. The van der Waals surface area contributed by atoms with E-state index in [2.05, 4.69) is 40.9 Å². The van der Waals surface area contributed by atoms with Crippen molar-refractivity contribution in [2.75, 3.05) is 6.54 Å². The first kappa shape index (κ1) is 13.5. The Morgan fingerprint density at radius 3 is 3.00 bits per heavy atom. The Balaban J connectivity index is 1.97. The molecule has 4 heteroatoms. The van der Waals surface area contributed by atoms with Crippen molar-refractivity contribution in [3.63, 3.8) is 0 Å². The van der Waals surface area contributed by atoms with Gasteiger partial charge in [-0.3, -0.25) is 0 Å². The molecule has 1 aromatic heterocycles. The standard InChI is InChI=1S/C14H26N4/c1-4-8-15-13-7-5-6-12(13)9-14-16-10-17-18(14)11(2)3/h10-13,15H,4-9H2,1-3H3. The van der Waals surface area contributed by atoms with Gasteiger partial charge in [0.05, 0.1) is 0 Å². The molecule has 0 bridgehead atoms. The number of nitrogens with zero attached hydrogens (tertiary/aromatic N) is 3. The Morgan fingerprint density at radius 1 is 1.44 bits per heavy atom. The topological polar surface area (TPSA) is 42.7 Å². The molecule has 1 aromatic rings. The van der Waals surface area contributed by atoms with E-state index in [-0.39, 0.29) is 0 Å². The van der Waals surface area contributed by atoms with E-state index in [9.17, 15) is 0 Å². The molecule has 0 aromatic carbocycles. The summed E-state index contributed by atoms with van der Waals surface area (Å²) in [5, 5.41) is 8.02. The van der Waals surface area contributed by atoms with Crippen molar-refractivity contribution in [1.29, 1.82) is 0 Å². The van der Waals surface area contributed by atoms with E-state index in [4.69, 9.17) is 0 Å². The van der Waals surface area contributed by atoms with Gasteiger partial charge >= 0.3 is 0 Å². The normalized spacial score (nSPS) is 24.0. The van der Waals surface area contributed by atoms with Crippen LogP contribution in [0.1, 0.15) is 58.3 Å². The molecule has 1 heterocycles. The lowest BCUT2D eigenvalue weighted by Crippen LogP contribution is -2.34. The lowest BCUT2D eigenvalue weighted by molar-refractivity contribution is 0.379. The number of nitrogens with one attached hydrogen (secondary N) is 1. The van der Waals surface area contributed by atoms with E-state index in [1.165, 1.54) is 25.7 Å². The molecule has 0 amide bonds. The maximum absolute atomic E-state index is 4.44. The Kier molecular flexibility index (Phi) is 4.75. The van der Waals surface area contributed by atoms with Crippen LogP contribution in [-0.4, -0.2) is 27.4 Å². The maximum Gasteiger partial charge on any atom is 0.138 e. The second-order valence-electron chi connectivity index (χ2n) is 5.67. The molecule has 4 nitrogen and oxygen atoms in total. The van der Waals surface area contributed by atoms with Crippen LogP contribution >= 0.6 is 0 Å². The molecule has 2 atom stereocenters. The van der Waals surface area contributed by atoms with Crippen LogP contribution in [0.2, 0.25) is 0 Å². The summed E-state index contributed by atoms with van der Waals surface area (Å²) in [6.45, 7) is 7.70. The van der Waals surface area contributed by atoms with Crippen LogP contribution in [0.5, 0.6) is 0 Å². The van der Waals surface area contributed by atoms with E-state index in [1.807, 2.05) is 0 Å². The summed E-state index contributed by atoms with van der Waals surface area (Å²) < 4.78 is 2.06. The van der Waals surface area contributed by atoms with Crippen molar-refractivity contribution in [3.8, 4) is 0 Å². The monoisotopic (exact) mass is 250 g/mol. The highest BCUT2D eigenvalue weighted by Gasteiger charge is 2.28. The molecular formula is C14H26N4. The maximum atomic E-state index is 4.44.